The third-order valence-corrected chi connectivity index (χ3v) is 7.61. The molecule has 7 aromatic rings. The van der Waals surface area contributed by atoms with E-state index >= 15 is 0 Å². The topological polar surface area (TPSA) is 109 Å². The maximum Gasteiger partial charge on any atom is 0.141 e. The molecule has 0 aliphatic heterocycles. The quantitative estimate of drug-likeness (QED) is 0.228. The molecule has 40 heavy (non-hydrogen) atoms. The fourth-order valence-electron chi connectivity index (χ4n) is 4.72. The molecule has 0 radical (unpaired) electrons. The standard InChI is InChI=1S/C18H14FN3OS.C12H11N3O/c1-10-17(11(2)23-22-10)12-6-15-16(9-21-18(15)20-8-12)24-14-5-3-4-13(19)7-14;1-7-11(8(2)16-15-7)10-5-9-3-4-13-12(9)14-6-10/h3-9H,1-2H3,(H,20,21);3-6H,1-2H3,(H,13,14). The fraction of sp³-hybridized carbons (Fsp3) is 0.133. The molecule has 0 amide bonds. The number of benzene rings is 1. The highest BCUT2D eigenvalue weighted by Crippen LogP contribution is 2.36. The smallest absolute Gasteiger partial charge is 0.141 e. The van der Waals surface area contributed by atoms with Crippen LogP contribution in [0.2, 0.25) is 0 Å². The lowest BCUT2D eigenvalue weighted by Crippen LogP contribution is -1.85. The zero-order valence-corrected chi connectivity index (χ0v) is 23.1. The molecular weight excluding hydrogens is 527 g/mol. The van der Waals surface area contributed by atoms with Crippen LogP contribution in [0.4, 0.5) is 4.39 Å². The van der Waals surface area contributed by atoms with Crippen LogP contribution in [0.3, 0.4) is 0 Å². The van der Waals surface area contributed by atoms with Crippen LogP contribution in [-0.4, -0.2) is 30.2 Å². The molecular formula is C30H25FN6O2S. The number of nitrogens with one attached hydrogen (secondary N) is 2. The first-order chi connectivity index (χ1) is 19.4. The molecule has 0 saturated carbocycles. The number of hydrogen-bond donors (Lipinski definition) is 2. The van der Waals surface area contributed by atoms with E-state index in [4.69, 9.17) is 9.05 Å². The van der Waals surface area contributed by atoms with Gasteiger partial charge in [-0.1, -0.05) is 28.1 Å². The van der Waals surface area contributed by atoms with Crippen molar-refractivity contribution in [2.45, 2.75) is 37.5 Å². The minimum atomic E-state index is -0.241. The minimum Gasteiger partial charge on any atom is -0.361 e. The van der Waals surface area contributed by atoms with Crippen molar-refractivity contribution in [3.8, 4) is 22.3 Å². The Balaban J connectivity index is 0.000000157. The normalized spacial score (nSPS) is 11.2. The van der Waals surface area contributed by atoms with Crippen LogP contribution in [0.25, 0.3) is 44.3 Å². The summed E-state index contributed by atoms with van der Waals surface area (Å²) >= 11 is 1.50. The molecule has 6 heterocycles. The van der Waals surface area contributed by atoms with Crippen molar-refractivity contribution < 1.29 is 13.4 Å². The van der Waals surface area contributed by atoms with Gasteiger partial charge in [-0.2, -0.15) is 0 Å². The van der Waals surface area contributed by atoms with E-state index in [1.54, 1.807) is 6.07 Å². The molecule has 10 heteroatoms. The van der Waals surface area contributed by atoms with Crippen LogP contribution < -0.4 is 0 Å². The SMILES string of the molecule is Cc1noc(C)c1-c1cnc2[nH]cc(Sc3cccc(F)c3)c2c1.Cc1noc(C)c1-c1cnc2[nH]ccc2c1. The minimum absolute atomic E-state index is 0.241. The monoisotopic (exact) mass is 552 g/mol. The maximum atomic E-state index is 13.4. The van der Waals surface area contributed by atoms with Crippen molar-refractivity contribution >= 4 is 33.8 Å². The predicted octanol–water partition coefficient (Wildman–Crippen LogP) is 7.96. The molecule has 0 unspecified atom stereocenters. The highest BCUT2D eigenvalue weighted by atomic mass is 32.2. The zero-order valence-electron chi connectivity index (χ0n) is 22.2. The average Bonchev–Trinajstić information content (AvgIpc) is 3.72. The highest BCUT2D eigenvalue weighted by Gasteiger charge is 2.15. The number of H-pyrrole nitrogens is 2. The zero-order chi connectivity index (χ0) is 27.8. The number of aromatic amines is 2. The van der Waals surface area contributed by atoms with E-state index in [0.29, 0.717) is 0 Å². The van der Waals surface area contributed by atoms with Crippen molar-refractivity contribution in [3.63, 3.8) is 0 Å². The number of nitrogens with zero attached hydrogens (tertiary/aromatic N) is 4. The van der Waals surface area contributed by atoms with E-state index < -0.39 is 0 Å². The lowest BCUT2D eigenvalue weighted by Gasteiger charge is -2.03. The molecule has 0 spiro atoms. The van der Waals surface area contributed by atoms with Gasteiger partial charge in [-0.3, -0.25) is 0 Å². The van der Waals surface area contributed by atoms with Gasteiger partial charge in [0.1, 0.15) is 28.6 Å². The molecule has 0 saturated heterocycles. The Morgan fingerprint density at radius 2 is 1.45 bits per heavy atom. The molecule has 0 bridgehead atoms. The van der Waals surface area contributed by atoms with E-state index in [-0.39, 0.29) is 5.82 Å². The first-order valence-corrected chi connectivity index (χ1v) is 13.4. The largest absolute Gasteiger partial charge is 0.361 e. The molecule has 2 N–H and O–H groups in total. The second-order valence-electron chi connectivity index (χ2n) is 9.37. The van der Waals surface area contributed by atoms with E-state index in [9.17, 15) is 4.39 Å². The van der Waals surface area contributed by atoms with E-state index in [0.717, 1.165) is 77.0 Å². The molecule has 7 rings (SSSR count). The van der Waals surface area contributed by atoms with Crippen LogP contribution in [0.5, 0.6) is 0 Å². The predicted molar refractivity (Wildman–Crippen MR) is 153 cm³/mol. The molecule has 0 aliphatic rings. The van der Waals surface area contributed by atoms with Crippen LogP contribution in [-0.2, 0) is 0 Å². The molecule has 6 aromatic heterocycles. The maximum absolute atomic E-state index is 13.4. The molecule has 200 valence electrons. The number of halogens is 1. The van der Waals surface area contributed by atoms with Gasteiger partial charge in [-0.15, -0.1) is 0 Å². The molecule has 0 fully saturated rings. The Bertz CT molecular complexity index is 1930. The summed E-state index contributed by atoms with van der Waals surface area (Å²) < 4.78 is 23.8. The lowest BCUT2D eigenvalue weighted by atomic mass is 10.1. The number of fused-ring (bicyclic) bond motifs is 2. The average molecular weight is 553 g/mol. The van der Waals surface area contributed by atoms with Gasteiger partial charge in [0.2, 0.25) is 0 Å². The van der Waals surface area contributed by atoms with E-state index in [2.05, 4.69) is 42.4 Å². The summed E-state index contributed by atoms with van der Waals surface area (Å²) in [6.07, 6.45) is 7.42. The van der Waals surface area contributed by atoms with Gasteiger partial charge in [0.25, 0.3) is 0 Å². The molecule has 0 atom stereocenters. The van der Waals surface area contributed by atoms with Gasteiger partial charge >= 0.3 is 0 Å². The Kier molecular flexibility index (Phi) is 6.69. The van der Waals surface area contributed by atoms with Gasteiger partial charge in [0, 0.05) is 67.6 Å². The van der Waals surface area contributed by atoms with Gasteiger partial charge < -0.3 is 19.0 Å². The first-order valence-electron chi connectivity index (χ1n) is 12.6. The molecule has 0 aliphatic carbocycles. The van der Waals surface area contributed by atoms with Gasteiger partial charge in [-0.25, -0.2) is 14.4 Å². The van der Waals surface area contributed by atoms with Crippen molar-refractivity contribution in [3.05, 3.63) is 96.0 Å². The van der Waals surface area contributed by atoms with Crippen molar-refractivity contribution in [2.75, 3.05) is 0 Å². The van der Waals surface area contributed by atoms with Crippen LogP contribution in [0.15, 0.2) is 86.1 Å². The van der Waals surface area contributed by atoms with Crippen LogP contribution >= 0.6 is 11.8 Å². The Hall–Kier alpha value is -4.70. The highest BCUT2D eigenvalue weighted by molar-refractivity contribution is 7.99. The third kappa shape index (κ3) is 4.89. The number of aromatic nitrogens is 6. The van der Waals surface area contributed by atoms with Gasteiger partial charge in [0.15, 0.2) is 0 Å². The molecule has 8 nitrogen and oxygen atoms in total. The van der Waals surface area contributed by atoms with Gasteiger partial charge in [0.05, 0.1) is 11.4 Å². The van der Waals surface area contributed by atoms with Crippen LogP contribution in [0.1, 0.15) is 22.9 Å². The van der Waals surface area contributed by atoms with Gasteiger partial charge in [-0.05, 0) is 64.1 Å². The Morgan fingerprint density at radius 3 is 2.10 bits per heavy atom. The number of hydrogen-bond acceptors (Lipinski definition) is 7. The summed E-state index contributed by atoms with van der Waals surface area (Å²) in [5.41, 5.74) is 7.43. The summed E-state index contributed by atoms with van der Waals surface area (Å²) in [5.74, 6) is 1.35. The van der Waals surface area contributed by atoms with E-state index in [1.807, 2.05) is 64.6 Å². The third-order valence-electron chi connectivity index (χ3n) is 6.56. The van der Waals surface area contributed by atoms with E-state index in [1.165, 1.54) is 23.9 Å². The summed E-state index contributed by atoms with van der Waals surface area (Å²) in [4.78, 5) is 16.9. The number of rotatable bonds is 4. The van der Waals surface area contributed by atoms with Crippen LogP contribution in [0, 0.1) is 33.5 Å². The summed E-state index contributed by atoms with van der Waals surface area (Å²) in [5, 5.41) is 10.0. The first kappa shape index (κ1) is 25.6. The second kappa shape index (κ2) is 10.5. The van der Waals surface area contributed by atoms with Crippen molar-refractivity contribution in [1.82, 2.24) is 30.2 Å². The number of pyridine rings is 2. The fourth-order valence-corrected chi connectivity index (χ4v) is 5.68. The summed E-state index contributed by atoms with van der Waals surface area (Å²) in [7, 11) is 0. The lowest BCUT2D eigenvalue weighted by molar-refractivity contribution is 0.393. The van der Waals surface area contributed by atoms with Crippen molar-refractivity contribution in [1.29, 1.82) is 0 Å². The van der Waals surface area contributed by atoms with Crippen molar-refractivity contribution in [2.24, 2.45) is 0 Å². The second-order valence-corrected chi connectivity index (χ2v) is 10.5. The summed E-state index contributed by atoms with van der Waals surface area (Å²) in [6, 6.07) is 12.7. The number of aryl methyl sites for hydroxylation is 4. The molecule has 1 aromatic carbocycles. The Labute approximate surface area is 233 Å². The Morgan fingerprint density at radius 1 is 0.775 bits per heavy atom. The summed E-state index contributed by atoms with van der Waals surface area (Å²) in [6.45, 7) is 7.65.